The molecule has 15 heteroatoms. The van der Waals surface area contributed by atoms with E-state index in [1.54, 1.807) is 18.3 Å². The molecule has 0 saturated carbocycles. The summed E-state index contributed by atoms with van der Waals surface area (Å²) in [5.74, 6) is -2.05. The topological polar surface area (TPSA) is 183 Å². The molecular weight excluding hydrogens is 706 g/mol. The smallest absolute Gasteiger partial charge is 0.246 e. The Bertz CT molecular complexity index is 1790. The van der Waals surface area contributed by atoms with E-state index in [2.05, 4.69) is 26.3 Å². The van der Waals surface area contributed by atoms with Gasteiger partial charge in [0.25, 0.3) is 0 Å². The summed E-state index contributed by atoms with van der Waals surface area (Å²) in [5.41, 5.74) is 1.43. The van der Waals surface area contributed by atoms with Crippen LogP contribution in [0.2, 0.25) is 0 Å². The maximum Gasteiger partial charge on any atom is 0.246 e. The maximum atomic E-state index is 14.6. The van der Waals surface area contributed by atoms with Crippen molar-refractivity contribution in [1.82, 2.24) is 36.1 Å². The van der Waals surface area contributed by atoms with Crippen LogP contribution in [0.5, 0.6) is 5.75 Å². The fraction of sp³-hybridized carbons (Fsp3) is 0.525. The molecule has 3 aromatic rings. The van der Waals surface area contributed by atoms with Gasteiger partial charge in [-0.1, -0.05) is 44.2 Å². The molecule has 2 aromatic carbocycles. The van der Waals surface area contributed by atoms with Crippen molar-refractivity contribution in [1.29, 1.82) is 0 Å². The van der Waals surface area contributed by atoms with Crippen molar-refractivity contribution in [2.45, 2.75) is 64.2 Å². The van der Waals surface area contributed by atoms with Crippen molar-refractivity contribution in [3.05, 3.63) is 65.9 Å². The van der Waals surface area contributed by atoms with E-state index in [9.17, 15) is 24.0 Å². The number of aromatic nitrogens is 1. The summed E-state index contributed by atoms with van der Waals surface area (Å²) in [5, 5.41) is 12.5. The standard InChI is InChI=1S/C40H55N7O8/c1-26(2)35-37(50)41-14-18-55-29-12-10-27(11-13-29)22-32(44-39(52)40(3,4)47-16-20-54-21-17-47)36(49)43-33(23-28-24-42-31-9-7-6-8-30(28)31)38(51)46(15-19-53-5)25-34(48)45-35/h6-13,24,26,32-33,35,42H,14-23,25H2,1-5H3,(H,41,50)(H,43,49)(H,44,52)(H,45,48)/t32-,33-,35-/m0/s1. The number of rotatable bonds is 9. The Morgan fingerprint density at radius 3 is 2.42 bits per heavy atom. The van der Waals surface area contributed by atoms with Crippen molar-refractivity contribution >= 4 is 40.4 Å². The number of carbonyl (C=O) groups is 5. The lowest BCUT2D eigenvalue weighted by molar-refractivity contribution is -0.142. The van der Waals surface area contributed by atoms with Crippen LogP contribution in [0.25, 0.3) is 10.9 Å². The second kappa shape index (κ2) is 19.0. The van der Waals surface area contributed by atoms with E-state index in [1.165, 1.54) is 12.0 Å². The monoisotopic (exact) mass is 761 g/mol. The van der Waals surface area contributed by atoms with E-state index in [4.69, 9.17) is 14.2 Å². The number of carbonyl (C=O) groups excluding carboxylic acids is 5. The lowest BCUT2D eigenvalue weighted by Crippen LogP contribution is -2.62. The summed E-state index contributed by atoms with van der Waals surface area (Å²) < 4.78 is 16.7. The second-order valence-corrected chi connectivity index (χ2v) is 14.8. The zero-order valence-electron chi connectivity index (χ0n) is 32.4. The van der Waals surface area contributed by atoms with Gasteiger partial charge in [-0.15, -0.1) is 0 Å². The fourth-order valence-electron chi connectivity index (χ4n) is 6.83. The largest absolute Gasteiger partial charge is 0.492 e. The summed E-state index contributed by atoms with van der Waals surface area (Å²) >= 11 is 0. The zero-order chi connectivity index (χ0) is 39.5. The summed E-state index contributed by atoms with van der Waals surface area (Å²) in [4.78, 5) is 76.5. The van der Waals surface area contributed by atoms with Crippen LogP contribution in [0, 0.1) is 5.92 Å². The molecule has 6 rings (SSSR count). The molecule has 1 saturated heterocycles. The van der Waals surface area contributed by atoms with Gasteiger partial charge in [0.05, 0.1) is 38.4 Å². The normalized spacial score (nSPS) is 21.5. The molecule has 15 nitrogen and oxygen atoms in total. The molecule has 0 aliphatic carbocycles. The Morgan fingerprint density at radius 2 is 1.71 bits per heavy atom. The van der Waals surface area contributed by atoms with Crippen molar-refractivity contribution in [3.8, 4) is 5.75 Å². The molecule has 0 spiro atoms. The number of methoxy groups -OCH3 is 1. The molecule has 3 atom stereocenters. The molecular formula is C40H55N7O8. The third-order valence-electron chi connectivity index (χ3n) is 10.2. The first kappa shape index (κ1) is 41.2. The number of aromatic amines is 1. The van der Waals surface area contributed by atoms with Crippen LogP contribution in [0.15, 0.2) is 54.7 Å². The number of fused-ring (bicyclic) bond motifs is 18. The molecule has 3 aliphatic heterocycles. The molecule has 0 unspecified atom stereocenters. The van der Waals surface area contributed by atoms with Gasteiger partial charge in [0.2, 0.25) is 29.5 Å². The van der Waals surface area contributed by atoms with Crippen molar-refractivity contribution < 1.29 is 38.2 Å². The average Bonchev–Trinajstić information content (AvgIpc) is 3.59. The molecule has 1 aromatic heterocycles. The minimum Gasteiger partial charge on any atom is -0.492 e. The van der Waals surface area contributed by atoms with Gasteiger partial charge >= 0.3 is 0 Å². The third kappa shape index (κ3) is 10.8. The third-order valence-corrected chi connectivity index (χ3v) is 10.2. The van der Waals surface area contributed by atoms with Gasteiger partial charge in [-0.25, -0.2) is 0 Å². The van der Waals surface area contributed by atoms with Crippen molar-refractivity contribution in [2.75, 3.05) is 66.3 Å². The highest BCUT2D eigenvalue weighted by atomic mass is 16.5. The Balaban J connectivity index is 1.52. The summed E-state index contributed by atoms with van der Waals surface area (Å²) in [6.45, 7) is 9.53. The predicted octanol–water partition coefficient (Wildman–Crippen LogP) is 1.16. The SMILES string of the molecule is COCCN1CC(=O)N[C@@H](C(C)C)C(=O)NCCOc2ccc(cc2)C[C@H](NC(=O)C(C)(C)N2CCOCC2)C(=O)N[C@@H](Cc2c[nH]c3ccccc23)C1=O. The molecule has 1 fully saturated rings. The molecule has 0 radical (unpaired) electrons. The van der Waals surface area contributed by atoms with Crippen LogP contribution in [-0.2, 0) is 46.3 Å². The minimum absolute atomic E-state index is 0.0408. The predicted molar refractivity (Wildman–Crippen MR) is 206 cm³/mol. The highest BCUT2D eigenvalue weighted by molar-refractivity contribution is 5.96. The maximum absolute atomic E-state index is 14.6. The summed E-state index contributed by atoms with van der Waals surface area (Å²) in [7, 11) is 1.49. The molecule has 3 aliphatic rings. The number of hydrogen-bond donors (Lipinski definition) is 5. The Hall–Kier alpha value is -4.99. The molecule has 4 heterocycles. The van der Waals surface area contributed by atoms with E-state index in [1.807, 2.05) is 69.0 Å². The van der Waals surface area contributed by atoms with Crippen LogP contribution in [-0.4, -0.2) is 134 Å². The van der Waals surface area contributed by atoms with E-state index >= 15 is 0 Å². The molecule has 5 amide bonds. The summed E-state index contributed by atoms with van der Waals surface area (Å²) in [6, 6.07) is 11.7. The second-order valence-electron chi connectivity index (χ2n) is 14.8. The lowest BCUT2D eigenvalue weighted by Gasteiger charge is -2.40. The van der Waals surface area contributed by atoms with E-state index in [0.29, 0.717) is 32.1 Å². The van der Waals surface area contributed by atoms with E-state index in [0.717, 1.165) is 22.0 Å². The van der Waals surface area contributed by atoms with Gasteiger partial charge in [0.15, 0.2) is 0 Å². The van der Waals surface area contributed by atoms with E-state index < -0.39 is 41.4 Å². The lowest BCUT2D eigenvalue weighted by atomic mass is 9.98. The van der Waals surface area contributed by atoms with Gasteiger partial charge in [-0.2, -0.15) is 0 Å². The fourth-order valence-corrected chi connectivity index (χ4v) is 6.83. The van der Waals surface area contributed by atoms with Gasteiger partial charge in [0, 0.05) is 56.7 Å². The number of nitrogens with zero attached hydrogens (tertiary/aromatic N) is 2. The highest BCUT2D eigenvalue weighted by Gasteiger charge is 2.39. The van der Waals surface area contributed by atoms with Gasteiger partial charge in [0.1, 0.15) is 30.5 Å². The highest BCUT2D eigenvalue weighted by Crippen LogP contribution is 2.21. The quantitative estimate of drug-likeness (QED) is 0.200. The first-order valence-electron chi connectivity index (χ1n) is 18.9. The van der Waals surface area contributed by atoms with Crippen molar-refractivity contribution in [3.63, 3.8) is 0 Å². The summed E-state index contributed by atoms with van der Waals surface area (Å²) in [6.07, 6.45) is 2.00. The van der Waals surface area contributed by atoms with Gasteiger partial charge < -0.3 is 45.4 Å². The number of benzene rings is 2. The van der Waals surface area contributed by atoms with Gasteiger partial charge in [-0.05, 0) is 49.1 Å². The number of hydrogen-bond acceptors (Lipinski definition) is 9. The first-order valence-corrected chi connectivity index (χ1v) is 18.9. The first-order chi connectivity index (χ1) is 26.4. The van der Waals surface area contributed by atoms with E-state index in [-0.39, 0.29) is 63.4 Å². The Morgan fingerprint density at radius 1 is 0.982 bits per heavy atom. The average molecular weight is 762 g/mol. The molecule has 298 valence electrons. The molecule has 5 N–H and O–H groups in total. The molecule has 55 heavy (non-hydrogen) atoms. The molecule has 2 bridgehead atoms. The number of nitrogens with one attached hydrogen (secondary N) is 5. The van der Waals surface area contributed by atoms with Crippen LogP contribution in [0.1, 0.15) is 38.8 Å². The van der Waals surface area contributed by atoms with Crippen LogP contribution in [0.3, 0.4) is 0 Å². The number of morpholine rings is 1. The number of H-pyrrole nitrogens is 1. The van der Waals surface area contributed by atoms with Gasteiger partial charge in [-0.3, -0.25) is 28.9 Å². The minimum atomic E-state index is -1.14. The zero-order valence-corrected chi connectivity index (χ0v) is 32.4. The van der Waals surface area contributed by atoms with Crippen LogP contribution in [0.4, 0.5) is 0 Å². The van der Waals surface area contributed by atoms with Crippen LogP contribution >= 0.6 is 0 Å². The Kier molecular flexibility index (Phi) is 14.3. The number of ether oxygens (including phenoxy) is 3. The Labute approximate surface area is 322 Å². The number of amides is 5. The van der Waals surface area contributed by atoms with Crippen molar-refractivity contribution in [2.24, 2.45) is 5.92 Å². The van der Waals surface area contributed by atoms with Crippen LogP contribution < -0.4 is 26.0 Å². The number of para-hydroxylation sites is 1.